The zero-order chi connectivity index (χ0) is 21.5. The molecule has 3 aromatic rings. The maximum Gasteiger partial charge on any atom is 0.341 e. The van der Waals surface area contributed by atoms with Crippen molar-refractivity contribution in [1.29, 1.82) is 0 Å². The molecule has 1 N–H and O–H groups in total. The summed E-state index contributed by atoms with van der Waals surface area (Å²) in [6.45, 7) is 6.09. The number of aromatic nitrogens is 1. The van der Waals surface area contributed by atoms with Crippen LogP contribution in [0.5, 0.6) is 5.75 Å². The number of esters is 1. The van der Waals surface area contributed by atoms with Crippen molar-refractivity contribution in [2.75, 3.05) is 32.8 Å². The first-order chi connectivity index (χ1) is 15.3. The van der Waals surface area contributed by atoms with Gasteiger partial charge in [-0.2, -0.15) is 0 Å². The second kappa shape index (κ2) is 10.5. The molecule has 1 fully saturated rings. The summed E-state index contributed by atoms with van der Waals surface area (Å²) in [6.07, 6.45) is 6.38. The lowest BCUT2D eigenvalue weighted by Crippen LogP contribution is -2.35. The van der Waals surface area contributed by atoms with Crippen LogP contribution in [0, 0.1) is 0 Å². The number of hydrogen-bond acceptors (Lipinski definition) is 4. The first-order valence-electron chi connectivity index (χ1n) is 11.4. The molecular weight excluding hydrogens is 388 g/mol. The highest BCUT2D eigenvalue weighted by Crippen LogP contribution is 2.33. The zero-order valence-electron chi connectivity index (χ0n) is 18.3. The van der Waals surface area contributed by atoms with E-state index in [-0.39, 0.29) is 5.97 Å². The van der Waals surface area contributed by atoms with Crippen molar-refractivity contribution >= 4 is 16.9 Å². The normalized spacial score (nSPS) is 15.3. The van der Waals surface area contributed by atoms with Gasteiger partial charge >= 0.3 is 5.97 Å². The van der Waals surface area contributed by atoms with Gasteiger partial charge in [0.2, 0.25) is 0 Å². The van der Waals surface area contributed by atoms with Crippen LogP contribution in [0.1, 0.15) is 54.4 Å². The second-order valence-electron chi connectivity index (χ2n) is 8.24. The topological polar surface area (TPSA) is 54.6 Å². The van der Waals surface area contributed by atoms with Crippen LogP contribution >= 0.6 is 0 Å². The van der Waals surface area contributed by atoms with Gasteiger partial charge < -0.3 is 14.5 Å². The van der Waals surface area contributed by atoms with Crippen LogP contribution in [0.4, 0.5) is 0 Å². The van der Waals surface area contributed by atoms with Crippen molar-refractivity contribution in [1.82, 2.24) is 9.88 Å². The minimum absolute atomic E-state index is 0.302. The molecule has 0 spiro atoms. The van der Waals surface area contributed by atoms with Crippen molar-refractivity contribution in [3.05, 3.63) is 65.9 Å². The molecule has 4 rings (SSSR count). The molecule has 0 aliphatic carbocycles. The van der Waals surface area contributed by atoms with Crippen LogP contribution in [0.15, 0.2) is 54.7 Å². The number of nitrogens with zero attached hydrogens (tertiary/aromatic N) is 1. The van der Waals surface area contributed by atoms with Gasteiger partial charge in [0.05, 0.1) is 6.61 Å². The monoisotopic (exact) mass is 420 g/mol. The third kappa shape index (κ3) is 5.28. The van der Waals surface area contributed by atoms with Crippen molar-refractivity contribution in [3.63, 3.8) is 0 Å². The molecule has 2 heterocycles. The quantitative estimate of drug-likeness (QED) is 0.373. The number of para-hydroxylation sites is 2. The summed E-state index contributed by atoms with van der Waals surface area (Å²) in [7, 11) is 0. The Morgan fingerprint density at radius 1 is 1.06 bits per heavy atom. The van der Waals surface area contributed by atoms with Gasteiger partial charge in [-0.1, -0.05) is 43.7 Å². The van der Waals surface area contributed by atoms with Gasteiger partial charge in [0, 0.05) is 23.6 Å². The fourth-order valence-electron chi connectivity index (χ4n) is 4.33. The number of carbonyl (C=O) groups excluding carboxylic acids is 1. The zero-order valence-corrected chi connectivity index (χ0v) is 18.3. The lowest BCUT2D eigenvalue weighted by atomic mass is 9.89. The lowest BCUT2D eigenvalue weighted by molar-refractivity contribution is 0.0494. The van der Waals surface area contributed by atoms with E-state index >= 15 is 0 Å². The Hall–Kier alpha value is -2.79. The van der Waals surface area contributed by atoms with Crippen LogP contribution in [-0.4, -0.2) is 48.7 Å². The van der Waals surface area contributed by atoms with Gasteiger partial charge in [-0.15, -0.1) is 0 Å². The number of nitrogens with one attached hydrogen (secondary N) is 1. The summed E-state index contributed by atoms with van der Waals surface area (Å²) in [5.41, 5.74) is 3.18. The van der Waals surface area contributed by atoms with Crippen LogP contribution in [0.3, 0.4) is 0 Å². The van der Waals surface area contributed by atoms with Gasteiger partial charge in [0.25, 0.3) is 0 Å². The number of unbranched alkanes of at least 4 members (excludes halogenated alkanes) is 1. The van der Waals surface area contributed by atoms with Gasteiger partial charge in [0.1, 0.15) is 17.9 Å². The highest BCUT2D eigenvalue weighted by Gasteiger charge is 2.23. The Bertz CT molecular complexity index is 989. The summed E-state index contributed by atoms with van der Waals surface area (Å²) in [5, 5.41) is 1.35. The highest BCUT2D eigenvalue weighted by molar-refractivity contribution is 5.92. The molecular formula is C26H32N2O3. The smallest absolute Gasteiger partial charge is 0.341 e. The van der Waals surface area contributed by atoms with E-state index in [1.807, 2.05) is 18.2 Å². The maximum absolute atomic E-state index is 12.3. The molecule has 0 radical (unpaired) electrons. The van der Waals surface area contributed by atoms with E-state index in [1.165, 1.54) is 16.5 Å². The first-order valence-corrected chi connectivity index (χ1v) is 11.4. The number of H-pyrrole nitrogens is 1. The molecule has 1 aromatic heterocycles. The molecule has 1 aliphatic heterocycles. The largest absolute Gasteiger partial charge is 0.491 e. The molecule has 2 aromatic carbocycles. The van der Waals surface area contributed by atoms with E-state index in [0.717, 1.165) is 45.3 Å². The highest BCUT2D eigenvalue weighted by atomic mass is 16.5. The summed E-state index contributed by atoms with van der Waals surface area (Å²) < 4.78 is 11.3. The molecule has 1 aliphatic rings. The van der Waals surface area contributed by atoms with Crippen LogP contribution < -0.4 is 4.74 Å². The predicted octanol–water partition coefficient (Wildman–Crippen LogP) is 5.38. The number of hydrogen-bond donors (Lipinski definition) is 1. The standard InChI is InChI=1S/C26H32N2O3/c1-2-3-17-31-26(29)22-9-5-7-11-25(22)30-18-16-28-14-12-20(13-15-28)23-19-27-24-10-6-4-8-21(23)24/h4-11,19-20,27H,2-3,12-18H2,1H3. The van der Waals surface area contributed by atoms with Crippen molar-refractivity contribution in [3.8, 4) is 5.75 Å². The number of piperidine rings is 1. The number of fused-ring (bicyclic) bond motifs is 1. The molecule has 164 valence electrons. The molecule has 0 bridgehead atoms. The number of benzene rings is 2. The Balaban J connectivity index is 1.26. The van der Waals surface area contributed by atoms with Crippen molar-refractivity contribution in [2.24, 2.45) is 0 Å². The van der Waals surface area contributed by atoms with Gasteiger partial charge in [0.15, 0.2) is 0 Å². The van der Waals surface area contributed by atoms with Crippen LogP contribution in [0.25, 0.3) is 10.9 Å². The molecule has 5 heteroatoms. The third-order valence-electron chi connectivity index (χ3n) is 6.15. The maximum atomic E-state index is 12.3. The van der Waals surface area contributed by atoms with E-state index in [4.69, 9.17) is 9.47 Å². The van der Waals surface area contributed by atoms with Gasteiger partial charge in [-0.25, -0.2) is 4.79 Å². The fourth-order valence-corrected chi connectivity index (χ4v) is 4.33. The molecule has 31 heavy (non-hydrogen) atoms. The minimum atomic E-state index is -0.302. The number of aromatic amines is 1. The number of rotatable bonds is 9. The molecule has 5 nitrogen and oxygen atoms in total. The van der Waals surface area contributed by atoms with E-state index in [9.17, 15) is 4.79 Å². The molecule has 0 saturated carbocycles. The Labute approximate surface area is 184 Å². The average molecular weight is 421 g/mol. The SMILES string of the molecule is CCCCOC(=O)c1ccccc1OCCN1CCC(c2c[nH]c3ccccc23)CC1. The summed E-state index contributed by atoms with van der Waals surface area (Å²) in [4.78, 5) is 18.2. The summed E-state index contributed by atoms with van der Waals surface area (Å²) in [5.74, 6) is 0.910. The summed E-state index contributed by atoms with van der Waals surface area (Å²) in [6, 6.07) is 15.9. The van der Waals surface area contributed by atoms with Gasteiger partial charge in [-0.05, 0) is 62.0 Å². The minimum Gasteiger partial charge on any atom is -0.491 e. The molecule has 0 amide bonds. The molecule has 0 unspecified atom stereocenters. The van der Waals surface area contributed by atoms with Crippen LogP contribution in [-0.2, 0) is 4.74 Å². The van der Waals surface area contributed by atoms with E-state index in [2.05, 4.69) is 47.3 Å². The van der Waals surface area contributed by atoms with E-state index in [1.54, 1.807) is 6.07 Å². The Morgan fingerprint density at radius 2 is 1.84 bits per heavy atom. The lowest BCUT2D eigenvalue weighted by Gasteiger charge is -2.31. The fraction of sp³-hybridized carbons (Fsp3) is 0.423. The van der Waals surface area contributed by atoms with Gasteiger partial charge in [-0.3, -0.25) is 4.90 Å². The van der Waals surface area contributed by atoms with E-state index in [0.29, 0.717) is 30.4 Å². The van der Waals surface area contributed by atoms with Crippen molar-refractivity contribution < 1.29 is 14.3 Å². The number of likely N-dealkylation sites (tertiary alicyclic amines) is 1. The Morgan fingerprint density at radius 3 is 2.68 bits per heavy atom. The molecule has 1 saturated heterocycles. The number of carbonyl (C=O) groups is 1. The molecule has 0 atom stereocenters. The first kappa shape index (κ1) is 21.4. The second-order valence-corrected chi connectivity index (χ2v) is 8.24. The Kier molecular flexibility index (Phi) is 7.26. The van der Waals surface area contributed by atoms with Crippen molar-refractivity contribution in [2.45, 2.75) is 38.5 Å². The van der Waals surface area contributed by atoms with Crippen LogP contribution in [0.2, 0.25) is 0 Å². The van der Waals surface area contributed by atoms with E-state index < -0.39 is 0 Å². The third-order valence-corrected chi connectivity index (χ3v) is 6.15. The predicted molar refractivity (Wildman–Crippen MR) is 124 cm³/mol. The number of ether oxygens (including phenoxy) is 2. The average Bonchev–Trinajstić information content (AvgIpc) is 3.24. The summed E-state index contributed by atoms with van der Waals surface area (Å²) >= 11 is 0.